The molecule has 0 aromatic rings. The van der Waals surface area contributed by atoms with Gasteiger partial charge >= 0.3 is 0 Å². The molecule has 0 heterocycles. The zero-order valence-corrected chi connectivity index (χ0v) is 10.7. The average molecular weight is 215 g/mol. The molecule has 0 amide bonds. The van der Waals surface area contributed by atoms with Crippen LogP contribution in [0.25, 0.3) is 0 Å². The summed E-state index contributed by atoms with van der Waals surface area (Å²) in [6.45, 7) is 11.6. The number of allylic oxidation sites excluding steroid dienone is 9. The number of hydrogen-bond donors (Lipinski definition) is 0. The van der Waals surface area contributed by atoms with E-state index in [1.54, 1.807) is 6.20 Å². The van der Waals surface area contributed by atoms with E-state index >= 15 is 0 Å². The van der Waals surface area contributed by atoms with Crippen molar-refractivity contribution in [3.05, 3.63) is 59.4 Å². The lowest BCUT2D eigenvalue weighted by Crippen LogP contribution is -1.74. The molecule has 0 saturated heterocycles. The van der Waals surface area contributed by atoms with Crippen LogP contribution in [0.2, 0.25) is 0 Å². The lowest BCUT2D eigenvalue weighted by atomic mass is 10.1. The molecular weight excluding hydrogens is 194 g/mol. The molecule has 1 heteroatoms. The second kappa shape index (κ2) is 8.66. The van der Waals surface area contributed by atoms with E-state index in [0.29, 0.717) is 0 Å². The first-order valence-corrected chi connectivity index (χ1v) is 5.42. The maximum atomic E-state index is 3.76. The van der Waals surface area contributed by atoms with Crippen molar-refractivity contribution in [1.29, 1.82) is 0 Å². The molecule has 0 aromatic carbocycles. The van der Waals surface area contributed by atoms with E-state index in [1.807, 2.05) is 32.1 Å². The van der Waals surface area contributed by atoms with Gasteiger partial charge < -0.3 is 0 Å². The van der Waals surface area contributed by atoms with Gasteiger partial charge in [0.1, 0.15) is 0 Å². The Morgan fingerprint density at radius 1 is 1.00 bits per heavy atom. The van der Waals surface area contributed by atoms with Crippen LogP contribution < -0.4 is 0 Å². The first-order chi connectivity index (χ1) is 7.63. The molecule has 0 spiro atoms. The fourth-order valence-electron chi connectivity index (χ4n) is 1.16. The molecular formula is C15H21N. The SMILES string of the molecule is C=N/C=C(\C=C/C)/C=C/C(C)=C\C(C)=C/C. The predicted octanol–water partition coefficient (Wildman–Crippen LogP) is 4.62. The van der Waals surface area contributed by atoms with Gasteiger partial charge in [-0.2, -0.15) is 0 Å². The standard InChI is InChI=1S/C15H21N/c1-6-8-15(12-16-5)10-9-14(4)11-13(3)7-2/h6-12H,5H2,1-4H3/b8-6-,10-9+,13-7-,14-11-,15-12+. The van der Waals surface area contributed by atoms with Crippen LogP contribution >= 0.6 is 0 Å². The van der Waals surface area contributed by atoms with Gasteiger partial charge in [0.15, 0.2) is 0 Å². The summed E-state index contributed by atoms with van der Waals surface area (Å²) in [7, 11) is 0. The van der Waals surface area contributed by atoms with Crippen LogP contribution in [0.15, 0.2) is 64.4 Å². The molecule has 0 radical (unpaired) electrons. The van der Waals surface area contributed by atoms with Gasteiger partial charge in [-0.15, -0.1) is 0 Å². The molecule has 0 N–H and O–H groups in total. The summed E-state index contributed by atoms with van der Waals surface area (Å²) in [5, 5.41) is 0. The molecule has 0 unspecified atom stereocenters. The van der Waals surface area contributed by atoms with Crippen LogP contribution in [0.1, 0.15) is 27.7 Å². The third-order valence-corrected chi connectivity index (χ3v) is 2.05. The molecule has 0 aliphatic heterocycles. The Kier molecular flexibility index (Phi) is 7.78. The lowest BCUT2D eigenvalue weighted by Gasteiger charge is -1.95. The minimum Gasteiger partial charge on any atom is -0.272 e. The monoisotopic (exact) mass is 215 g/mol. The first-order valence-electron chi connectivity index (χ1n) is 5.42. The van der Waals surface area contributed by atoms with Gasteiger partial charge in [-0.3, -0.25) is 4.99 Å². The maximum absolute atomic E-state index is 3.76. The highest BCUT2D eigenvalue weighted by molar-refractivity contribution is 5.38. The lowest BCUT2D eigenvalue weighted by molar-refractivity contribution is 1.40. The third kappa shape index (κ3) is 6.77. The van der Waals surface area contributed by atoms with Crippen molar-refractivity contribution in [3.63, 3.8) is 0 Å². The Hall–Kier alpha value is -1.63. The average Bonchev–Trinajstić information content (AvgIpc) is 2.26. The molecule has 0 fully saturated rings. The van der Waals surface area contributed by atoms with Crippen LogP contribution in [-0.2, 0) is 0 Å². The Morgan fingerprint density at radius 2 is 1.69 bits per heavy atom. The Bertz CT molecular complexity index is 363. The number of rotatable bonds is 5. The van der Waals surface area contributed by atoms with Crippen molar-refractivity contribution in [1.82, 2.24) is 0 Å². The molecule has 1 nitrogen and oxygen atoms in total. The Balaban J connectivity index is 4.75. The second-order valence-corrected chi connectivity index (χ2v) is 3.57. The van der Waals surface area contributed by atoms with Crippen molar-refractivity contribution >= 4 is 6.72 Å². The van der Waals surface area contributed by atoms with Crippen molar-refractivity contribution in [2.45, 2.75) is 27.7 Å². The van der Waals surface area contributed by atoms with Gasteiger partial charge in [0.05, 0.1) is 0 Å². The minimum absolute atomic E-state index is 1.04. The number of hydrogen-bond acceptors (Lipinski definition) is 1. The number of aliphatic imine (C=N–C) groups is 1. The highest BCUT2D eigenvalue weighted by Crippen LogP contribution is 2.06. The smallest absolute Gasteiger partial charge is 0.0332 e. The second-order valence-electron chi connectivity index (χ2n) is 3.57. The van der Waals surface area contributed by atoms with E-state index in [0.717, 1.165) is 5.57 Å². The zero-order chi connectivity index (χ0) is 12.4. The fourth-order valence-corrected chi connectivity index (χ4v) is 1.16. The van der Waals surface area contributed by atoms with Gasteiger partial charge in [-0.1, -0.05) is 47.6 Å². The topological polar surface area (TPSA) is 12.4 Å². The fraction of sp³-hybridized carbons (Fsp3) is 0.267. The largest absolute Gasteiger partial charge is 0.272 e. The highest BCUT2D eigenvalue weighted by Gasteiger charge is 1.86. The molecule has 0 saturated carbocycles. The normalized spacial score (nSPS) is 15.1. The molecule has 86 valence electrons. The molecule has 0 aliphatic rings. The van der Waals surface area contributed by atoms with Gasteiger partial charge in [0.2, 0.25) is 0 Å². The van der Waals surface area contributed by atoms with Gasteiger partial charge in [0, 0.05) is 6.20 Å². The van der Waals surface area contributed by atoms with E-state index < -0.39 is 0 Å². The van der Waals surface area contributed by atoms with Crippen LogP contribution in [0, 0.1) is 0 Å². The molecule has 0 rings (SSSR count). The van der Waals surface area contributed by atoms with Crippen LogP contribution in [0.3, 0.4) is 0 Å². The van der Waals surface area contributed by atoms with Crippen LogP contribution in [0.4, 0.5) is 0 Å². The minimum atomic E-state index is 1.04. The van der Waals surface area contributed by atoms with Crippen molar-refractivity contribution in [2.24, 2.45) is 4.99 Å². The van der Waals surface area contributed by atoms with E-state index in [9.17, 15) is 0 Å². The van der Waals surface area contributed by atoms with E-state index in [4.69, 9.17) is 0 Å². The molecule has 0 bridgehead atoms. The van der Waals surface area contributed by atoms with Crippen LogP contribution in [0.5, 0.6) is 0 Å². The van der Waals surface area contributed by atoms with Crippen molar-refractivity contribution < 1.29 is 0 Å². The van der Waals surface area contributed by atoms with Gasteiger partial charge in [0.25, 0.3) is 0 Å². The predicted molar refractivity (Wildman–Crippen MR) is 74.8 cm³/mol. The van der Waals surface area contributed by atoms with E-state index in [-0.39, 0.29) is 0 Å². The first kappa shape index (κ1) is 14.4. The maximum Gasteiger partial charge on any atom is 0.0332 e. The Morgan fingerprint density at radius 3 is 2.19 bits per heavy atom. The van der Waals surface area contributed by atoms with E-state index in [2.05, 4.69) is 43.8 Å². The summed E-state index contributed by atoms with van der Waals surface area (Å²) in [5.74, 6) is 0. The Labute approximate surface area is 99.3 Å². The molecule has 0 atom stereocenters. The molecule has 16 heavy (non-hydrogen) atoms. The summed E-state index contributed by atoms with van der Waals surface area (Å²) in [5.41, 5.74) is 3.53. The highest BCUT2D eigenvalue weighted by atomic mass is 14.6. The van der Waals surface area contributed by atoms with Crippen LogP contribution in [-0.4, -0.2) is 6.72 Å². The number of nitrogens with zero attached hydrogens (tertiary/aromatic N) is 1. The molecule has 0 aliphatic carbocycles. The zero-order valence-electron chi connectivity index (χ0n) is 10.7. The van der Waals surface area contributed by atoms with Crippen molar-refractivity contribution in [2.75, 3.05) is 0 Å². The van der Waals surface area contributed by atoms with Gasteiger partial charge in [-0.05, 0) is 40.0 Å². The van der Waals surface area contributed by atoms with E-state index in [1.165, 1.54) is 11.1 Å². The summed E-state index contributed by atoms with van der Waals surface area (Å²) in [6.07, 6.45) is 14.1. The van der Waals surface area contributed by atoms with Crippen molar-refractivity contribution in [3.8, 4) is 0 Å². The summed E-state index contributed by atoms with van der Waals surface area (Å²) < 4.78 is 0. The summed E-state index contributed by atoms with van der Waals surface area (Å²) in [6, 6.07) is 0. The molecule has 0 aromatic heterocycles. The summed E-state index contributed by atoms with van der Waals surface area (Å²) in [4.78, 5) is 3.76. The van der Waals surface area contributed by atoms with Gasteiger partial charge in [-0.25, -0.2) is 0 Å². The quantitative estimate of drug-likeness (QED) is 0.469. The summed E-state index contributed by atoms with van der Waals surface area (Å²) >= 11 is 0. The third-order valence-electron chi connectivity index (χ3n) is 2.05.